The smallest absolute Gasteiger partial charge is 0.0165 e. The van der Waals surface area contributed by atoms with Crippen molar-refractivity contribution in [3.63, 3.8) is 0 Å². The third-order valence-corrected chi connectivity index (χ3v) is 5.47. The van der Waals surface area contributed by atoms with Crippen molar-refractivity contribution in [3.05, 3.63) is 41.5 Å². The first-order valence-corrected chi connectivity index (χ1v) is 10.0. The Morgan fingerprint density at radius 2 is 1.79 bits per heavy atom. The second-order valence-corrected chi connectivity index (χ2v) is 8.14. The van der Waals surface area contributed by atoms with Crippen molar-refractivity contribution in [2.45, 2.75) is 71.6 Å². The minimum atomic E-state index is 0.809. The molecule has 0 unspecified atom stereocenters. The quantitative estimate of drug-likeness (QED) is 0.526. The lowest BCUT2D eigenvalue weighted by atomic mass is 9.84. The highest BCUT2D eigenvalue weighted by Gasteiger charge is 2.15. The molecule has 1 aliphatic rings. The monoisotopic (exact) mass is 327 g/mol. The molecule has 0 heterocycles. The second kappa shape index (κ2) is 10.0. The van der Waals surface area contributed by atoms with E-state index in [0.29, 0.717) is 0 Å². The summed E-state index contributed by atoms with van der Waals surface area (Å²) in [6.45, 7) is 9.11. The van der Waals surface area contributed by atoms with Crippen LogP contribution in [-0.4, -0.2) is 25.0 Å². The minimum absolute atomic E-state index is 0.809. The van der Waals surface area contributed by atoms with Crippen molar-refractivity contribution in [1.82, 2.24) is 4.90 Å². The first kappa shape index (κ1) is 19.2. The van der Waals surface area contributed by atoms with E-state index in [-0.39, 0.29) is 0 Å². The molecule has 134 valence electrons. The maximum Gasteiger partial charge on any atom is 0.0165 e. The molecule has 0 spiro atoms. The topological polar surface area (TPSA) is 3.24 Å². The fourth-order valence-electron chi connectivity index (χ4n) is 3.73. The molecule has 1 aliphatic carbocycles. The van der Waals surface area contributed by atoms with E-state index in [1.807, 2.05) is 0 Å². The van der Waals surface area contributed by atoms with Gasteiger partial charge in [-0.1, -0.05) is 63.5 Å². The van der Waals surface area contributed by atoms with Crippen LogP contribution in [0, 0.1) is 5.92 Å². The van der Waals surface area contributed by atoms with Crippen LogP contribution >= 0.6 is 0 Å². The van der Waals surface area contributed by atoms with Gasteiger partial charge in [0.05, 0.1) is 0 Å². The predicted octanol–water partition coefficient (Wildman–Crippen LogP) is 6.51. The molecular formula is C23H37N. The number of nitrogens with zero attached hydrogens (tertiary/aromatic N) is 1. The highest BCUT2D eigenvalue weighted by molar-refractivity contribution is 5.64. The zero-order valence-corrected chi connectivity index (χ0v) is 16.4. The molecular weight excluding hydrogens is 290 g/mol. The Labute approximate surface area is 150 Å². The number of hydrogen-bond acceptors (Lipinski definition) is 1. The van der Waals surface area contributed by atoms with E-state index in [0.717, 1.165) is 18.4 Å². The highest BCUT2D eigenvalue weighted by Crippen LogP contribution is 2.33. The van der Waals surface area contributed by atoms with Gasteiger partial charge in [0.2, 0.25) is 0 Å². The summed E-state index contributed by atoms with van der Waals surface area (Å²) < 4.78 is 0. The van der Waals surface area contributed by atoms with Crippen molar-refractivity contribution in [3.8, 4) is 0 Å². The first-order valence-electron chi connectivity index (χ1n) is 10.0. The zero-order chi connectivity index (χ0) is 17.4. The molecule has 1 heteroatoms. The van der Waals surface area contributed by atoms with Crippen LogP contribution in [0.3, 0.4) is 0 Å². The summed E-state index contributed by atoms with van der Waals surface area (Å²) in [7, 11) is 2.23. The van der Waals surface area contributed by atoms with Crippen molar-refractivity contribution < 1.29 is 0 Å². The van der Waals surface area contributed by atoms with Gasteiger partial charge in [0, 0.05) is 6.54 Å². The lowest BCUT2D eigenvalue weighted by Crippen LogP contribution is -2.20. The molecule has 0 aromatic heterocycles. The predicted molar refractivity (Wildman–Crippen MR) is 107 cm³/mol. The molecule has 1 aromatic rings. The van der Waals surface area contributed by atoms with Gasteiger partial charge in [-0.3, -0.25) is 0 Å². The molecule has 0 amide bonds. The molecule has 2 rings (SSSR count). The average Bonchev–Trinajstić information content (AvgIpc) is 2.60. The van der Waals surface area contributed by atoms with Crippen molar-refractivity contribution >= 4 is 5.57 Å². The van der Waals surface area contributed by atoms with Gasteiger partial charge < -0.3 is 4.90 Å². The normalized spacial score (nSPS) is 17.0. The number of rotatable bonds is 8. The van der Waals surface area contributed by atoms with Crippen LogP contribution in [0.25, 0.3) is 5.57 Å². The van der Waals surface area contributed by atoms with Gasteiger partial charge in [0.25, 0.3) is 0 Å². The van der Waals surface area contributed by atoms with Crippen LogP contribution in [0.4, 0.5) is 0 Å². The molecule has 24 heavy (non-hydrogen) atoms. The molecule has 0 bridgehead atoms. The average molecular weight is 328 g/mol. The second-order valence-electron chi connectivity index (χ2n) is 8.14. The summed E-state index contributed by atoms with van der Waals surface area (Å²) in [6.07, 6.45) is 12.0. The summed E-state index contributed by atoms with van der Waals surface area (Å²) in [4.78, 5) is 2.43. The number of benzene rings is 1. The fraction of sp³-hybridized carbons (Fsp3) is 0.652. The Morgan fingerprint density at radius 1 is 1.12 bits per heavy atom. The molecule has 1 aromatic carbocycles. The summed E-state index contributed by atoms with van der Waals surface area (Å²) in [5.74, 6) is 1.63. The molecule has 1 nitrogen and oxygen atoms in total. The molecule has 1 saturated carbocycles. The van der Waals surface area contributed by atoms with Gasteiger partial charge in [0.15, 0.2) is 0 Å². The molecule has 0 N–H and O–H groups in total. The maximum absolute atomic E-state index is 2.43. The highest BCUT2D eigenvalue weighted by atomic mass is 15.1. The summed E-state index contributed by atoms with van der Waals surface area (Å²) in [5.41, 5.74) is 4.34. The number of allylic oxidation sites excluding steroid dienone is 1. The Bertz CT molecular complexity index is 491. The maximum atomic E-state index is 2.43. The number of likely N-dealkylation sites (N-methyl/N-ethyl adjacent to an activating group) is 1. The fourth-order valence-corrected chi connectivity index (χ4v) is 3.73. The Balaban J connectivity index is 1.83. The van der Waals surface area contributed by atoms with Crippen LogP contribution < -0.4 is 0 Å². The lowest BCUT2D eigenvalue weighted by molar-refractivity contribution is 0.348. The third kappa shape index (κ3) is 6.43. The van der Waals surface area contributed by atoms with Gasteiger partial charge in [-0.25, -0.2) is 0 Å². The summed E-state index contributed by atoms with van der Waals surface area (Å²) in [5, 5.41) is 0. The molecule has 0 aliphatic heterocycles. The molecule has 0 saturated heterocycles. The van der Waals surface area contributed by atoms with Crippen molar-refractivity contribution in [2.75, 3.05) is 20.1 Å². The van der Waals surface area contributed by atoms with Crippen LogP contribution in [0.1, 0.15) is 82.8 Å². The van der Waals surface area contributed by atoms with E-state index >= 15 is 0 Å². The van der Waals surface area contributed by atoms with E-state index in [1.165, 1.54) is 62.6 Å². The molecule has 1 fully saturated rings. The van der Waals surface area contributed by atoms with Crippen LogP contribution in [-0.2, 0) is 0 Å². The van der Waals surface area contributed by atoms with E-state index in [2.05, 4.69) is 63.1 Å². The standard InChI is InChI=1S/C23H37N/c1-19(2)9-8-17-24(4)18-16-20(3)21-12-14-23(15-13-21)22-10-6-5-7-11-22/h12-16,19,22H,5-11,17-18H2,1-4H3/b20-16+. The van der Waals surface area contributed by atoms with Crippen LogP contribution in [0.15, 0.2) is 30.3 Å². The van der Waals surface area contributed by atoms with Gasteiger partial charge in [-0.05, 0) is 74.7 Å². The van der Waals surface area contributed by atoms with E-state index in [4.69, 9.17) is 0 Å². The Hall–Kier alpha value is -1.08. The van der Waals surface area contributed by atoms with E-state index < -0.39 is 0 Å². The van der Waals surface area contributed by atoms with Crippen molar-refractivity contribution in [1.29, 1.82) is 0 Å². The summed E-state index contributed by atoms with van der Waals surface area (Å²) in [6, 6.07) is 9.40. The molecule has 0 radical (unpaired) electrons. The van der Waals surface area contributed by atoms with Gasteiger partial charge >= 0.3 is 0 Å². The van der Waals surface area contributed by atoms with E-state index in [1.54, 1.807) is 5.56 Å². The molecule has 0 atom stereocenters. The summed E-state index contributed by atoms with van der Waals surface area (Å²) >= 11 is 0. The van der Waals surface area contributed by atoms with Crippen LogP contribution in [0.5, 0.6) is 0 Å². The van der Waals surface area contributed by atoms with Gasteiger partial charge in [-0.15, -0.1) is 0 Å². The zero-order valence-electron chi connectivity index (χ0n) is 16.4. The Kier molecular flexibility index (Phi) is 8.05. The first-order chi connectivity index (χ1) is 11.6. The van der Waals surface area contributed by atoms with Gasteiger partial charge in [0.1, 0.15) is 0 Å². The minimum Gasteiger partial charge on any atom is -0.303 e. The largest absolute Gasteiger partial charge is 0.303 e. The SMILES string of the molecule is C/C(=C\CN(C)CCCC(C)C)c1ccc(C2CCCCC2)cc1. The van der Waals surface area contributed by atoms with Gasteiger partial charge in [-0.2, -0.15) is 0 Å². The van der Waals surface area contributed by atoms with Crippen molar-refractivity contribution in [2.24, 2.45) is 5.92 Å². The lowest BCUT2D eigenvalue weighted by Gasteiger charge is -2.22. The number of hydrogen-bond donors (Lipinski definition) is 0. The van der Waals surface area contributed by atoms with Crippen LogP contribution in [0.2, 0.25) is 0 Å². The Morgan fingerprint density at radius 3 is 2.42 bits per heavy atom. The third-order valence-electron chi connectivity index (χ3n) is 5.47. The van der Waals surface area contributed by atoms with E-state index in [9.17, 15) is 0 Å².